The van der Waals surface area contributed by atoms with Crippen molar-refractivity contribution in [2.75, 3.05) is 30.4 Å². The summed E-state index contributed by atoms with van der Waals surface area (Å²) in [6, 6.07) is 15.9. The van der Waals surface area contributed by atoms with Gasteiger partial charge in [-0.05, 0) is 54.8 Å². The molecule has 0 aromatic heterocycles. The molecule has 3 rings (SSSR count). The zero-order valence-electron chi connectivity index (χ0n) is 14.4. The Hall–Kier alpha value is -1.85. The second-order valence-electron chi connectivity index (χ2n) is 6.32. The van der Waals surface area contributed by atoms with Crippen LogP contribution in [-0.2, 0) is 16.0 Å². The summed E-state index contributed by atoms with van der Waals surface area (Å²) < 4.78 is 6.43. The first-order chi connectivity index (χ1) is 12.1. The van der Waals surface area contributed by atoms with Crippen LogP contribution in [0.2, 0.25) is 0 Å². The number of amides is 1. The van der Waals surface area contributed by atoms with Gasteiger partial charge in [-0.2, -0.15) is 0 Å². The molecule has 25 heavy (non-hydrogen) atoms. The summed E-state index contributed by atoms with van der Waals surface area (Å²) in [5.41, 5.74) is 3.02. The van der Waals surface area contributed by atoms with Crippen molar-refractivity contribution in [1.29, 1.82) is 0 Å². The molecular formula is C20H23BrN2O2. The highest BCUT2D eigenvalue weighted by Gasteiger charge is 2.18. The van der Waals surface area contributed by atoms with Gasteiger partial charge in [0.05, 0.1) is 12.5 Å². The Kier molecular flexibility index (Phi) is 6.10. The first kappa shape index (κ1) is 18.0. The van der Waals surface area contributed by atoms with Crippen LogP contribution in [0.5, 0.6) is 0 Å². The lowest BCUT2D eigenvalue weighted by molar-refractivity contribution is -0.115. The summed E-state index contributed by atoms with van der Waals surface area (Å²) in [5.74, 6) is -0.00372. The number of methoxy groups -OCH3 is 1. The molecule has 1 heterocycles. The standard InChI is InChI=1S/C20H23BrN2O2/c1-25-19-10-12-23(13-11-19)18-8-6-17(7-9-18)22-20(24)14-15-2-4-16(21)5-3-15/h2-9,19H,10-14H2,1H3,(H,22,24). The van der Waals surface area contributed by atoms with Crippen molar-refractivity contribution in [3.05, 3.63) is 58.6 Å². The number of nitrogens with one attached hydrogen (secondary N) is 1. The van der Waals surface area contributed by atoms with Gasteiger partial charge in [0, 0.05) is 36.0 Å². The van der Waals surface area contributed by atoms with Crippen molar-refractivity contribution in [2.24, 2.45) is 0 Å². The number of carbonyl (C=O) groups is 1. The highest BCUT2D eigenvalue weighted by Crippen LogP contribution is 2.23. The summed E-state index contributed by atoms with van der Waals surface area (Å²) in [6.07, 6.45) is 2.87. The van der Waals surface area contributed by atoms with E-state index >= 15 is 0 Å². The van der Waals surface area contributed by atoms with Gasteiger partial charge in [-0.1, -0.05) is 28.1 Å². The predicted octanol–water partition coefficient (Wildman–Crippen LogP) is 4.25. The molecule has 1 amide bonds. The molecule has 4 nitrogen and oxygen atoms in total. The SMILES string of the molecule is COC1CCN(c2ccc(NC(=O)Cc3ccc(Br)cc3)cc2)CC1. The van der Waals surface area contributed by atoms with Crippen molar-refractivity contribution in [3.8, 4) is 0 Å². The zero-order valence-corrected chi connectivity index (χ0v) is 16.0. The molecule has 132 valence electrons. The van der Waals surface area contributed by atoms with Crippen LogP contribution >= 0.6 is 15.9 Å². The molecule has 2 aromatic rings. The molecule has 0 spiro atoms. The van der Waals surface area contributed by atoms with E-state index in [2.05, 4.69) is 38.3 Å². The summed E-state index contributed by atoms with van der Waals surface area (Å²) in [4.78, 5) is 14.5. The van der Waals surface area contributed by atoms with Gasteiger partial charge in [0.25, 0.3) is 0 Å². The number of hydrogen-bond donors (Lipinski definition) is 1. The first-order valence-electron chi connectivity index (χ1n) is 8.56. The van der Waals surface area contributed by atoms with Gasteiger partial charge in [0.2, 0.25) is 5.91 Å². The quantitative estimate of drug-likeness (QED) is 0.812. The van der Waals surface area contributed by atoms with E-state index in [-0.39, 0.29) is 5.91 Å². The molecule has 1 N–H and O–H groups in total. The molecule has 0 radical (unpaired) electrons. The van der Waals surface area contributed by atoms with Crippen molar-refractivity contribution >= 4 is 33.2 Å². The molecule has 2 aromatic carbocycles. The number of piperidine rings is 1. The number of benzene rings is 2. The first-order valence-corrected chi connectivity index (χ1v) is 9.35. The van der Waals surface area contributed by atoms with Crippen LogP contribution < -0.4 is 10.2 Å². The predicted molar refractivity (Wildman–Crippen MR) is 105 cm³/mol. The number of nitrogens with zero attached hydrogens (tertiary/aromatic N) is 1. The van der Waals surface area contributed by atoms with Gasteiger partial charge >= 0.3 is 0 Å². The molecule has 1 saturated heterocycles. The van der Waals surface area contributed by atoms with Crippen LogP contribution in [0.25, 0.3) is 0 Å². The third-order valence-electron chi connectivity index (χ3n) is 4.57. The van der Waals surface area contributed by atoms with E-state index in [0.717, 1.165) is 41.7 Å². The minimum absolute atomic E-state index is 0.00372. The maximum Gasteiger partial charge on any atom is 0.228 e. The molecule has 1 aliphatic heterocycles. The smallest absolute Gasteiger partial charge is 0.228 e. The van der Waals surface area contributed by atoms with E-state index in [9.17, 15) is 4.79 Å². The topological polar surface area (TPSA) is 41.6 Å². The summed E-state index contributed by atoms with van der Waals surface area (Å²) >= 11 is 3.40. The lowest BCUT2D eigenvalue weighted by atomic mass is 10.1. The second kappa shape index (κ2) is 8.50. The number of rotatable bonds is 5. The highest BCUT2D eigenvalue weighted by atomic mass is 79.9. The van der Waals surface area contributed by atoms with Gasteiger partial charge < -0.3 is 15.0 Å². The maximum absolute atomic E-state index is 12.2. The van der Waals surface area contributed by atoms with Gasteiger partial charge in [-0.15, -0.1) is 0 Å². The Morgan fingerprint density at radius 2 is 1.76 bits per heavy atom. The summed E-state index contributed by atoms with van der Waals surface area (Å²) in [5, 5.41) is 2.96. The van der Waals surface area contributed by atoms with Crippen LogP contribution in [0.15, 0.2) is 53.0 Å². The van der Waals surface area contributed by atoms with E-state index in [4.69, 9.17) is 4.74 Å². The normalized spacial score (nSPS) is 15.2. The number of halogens is 1. The lowest BCUT2D eigenvalue weighted by Crippen LogP contribution is -2.36. The molecule has 0 unspecified atom stereocenters. The fraction of sp³-hybridized carbons (Fsp3) is 0.350. The average molecular weight is 403 g/mol. The van der Waals surface area contributed by atoms with Crippen LogP contribution in [0, 0.1) is 0 Å². The zero-order chi connectivity index (χ0) is 17.6. The minimum Gasteiger partial charge on any atom is -0.381 e. The third kappa shape index (κ3) is 5.06. The highest BCUT2D eigenvalue weighted by molar-refractivity contribution is 9.10. The molecule has 1 fully saturated rings. The lowest BCUT2D eigenvalue weighted by Gasteiger charge is -2.33. The Balaban J connectivity index is 1.53. The molecule has 0 saturated carbocycles. The monoisotopic (exact) mass is 402 g/mol. The van der Waals surface area contributed by atoms with E-state index in [0.29, 0.717) is 12.5 Å². The van der Waals surface area contributed by atoms with Crippen molar-refractivity contribution in [3.63, 3.8) is 0 Å². The largest absolute Gasteiger partial charge is 0.381 e. The molecule has 0 atom stereocenters. The fourth-order valence-corrected chi connectivity index (χ4v) is 3.36. The summed E-state index contributed by atoms with van der Waals surface area (Å²) in [7, 11) is 1.78. The van der Waals surface area contributed by atoms with Gasteiger partial charge in [-0.25, -0.2) is 0 Å². The minimum atomic E-state index is -0.00372. The average Bonchev–Trinajstić information content (AvgIpc) is 2.64. The van der Waals surface area contributed by atoms with Crippen LogP contribution in [0.4, 0.5) is 11.4 Å². The second-order valence-corrected chi connectivity index (χ2v) is 7.24. The van der Waals surface area contributed by atoms with E-state index in [1.807, 2.05) is 36.4 Å². The molecular weight excluding hydrogens is 380 g/mol. The van der Waals surface area contributed by atoms with E-state index < -0.39 is 0 Å². The van der Waals surface area contributed by atoms with Crippen molar-refractivity contribution in [1.82, 2.24) is 0 Å². The maximum atomic E-state index is 12.2. The number of hydrogen-bond acceptors (Lipinski definition) is 3. The summed E-state index contributed by atoms with van der Waals surface area (Å²) in [6.45, 7) is 2.02. The van der Waals surface area contributed by atoms with E-state index in [1.165, 1.54) is 5.69 Å². The van der Waals surface area contributed by atoms with Gasteiger partial charge in [0.1, 0.15) is 0 Å². The van der Waals surface area contributed by atoms with Gasteiger partial charge in [0.15, 0.2) is 0 Å². The Morgan fingerprint density at radius 1 is 1.12 bits per heavy atom. The van der Waals surface area contributed by atoms with Crippen molar-refractivity contribution in [2.45, 2.75) is 25.4 Å². The number of carbonyl (C=O) groups excluding carboxylic acids is 1. The van der Waals surface area contributed by atoms with Crippen LogP contribution in [0.3, 0.4) is 0 Å². The molecule has 5 heteroatoms. The third-order valence-corrected chi connectivity index (χ3v) is 5.10. The molecule has 1 aliphatic rings. The van der Waals surface area contributed by atoms with E-state index in [1.54, 1.807) is 7.11 Å². The number of anilines is 2. The van der Waals surface area contributed by atoms with Crippen LogP contribution in [-0.4, -0.2) is 32.2 Å². The Morgan fingerprint density at radius 3 is 2.36 bits per heavy atom. The van der Waals surface area contributed by atoms with Gasteiger partial charge in [-0.3, -0.25) is 4.79 Å². The Labute approximate surface area is 157 Å². The Bertz CT molecular complexity index is 693. The van der Waals surface area contributed by atoms with Crippen LogP contribution in [0.1, 0.15) is 18.4 Å². The fourth-order valence-electron chi connectivity index (χ4n) is 3.10. The van der Waals surface area contributed by atoms with Crippen molar-refractivity contribution < 1.29 is 9.53 Å². The molecule has 0 bridgehead atoms. The molecule has 0 aliphatic carbocycles. The number of ether oxygens (including phenoxy) is 1.